The minimum Gasteiger partial charge on any atom is -0.509 e. The van der Waals surface area contributed by atoms with Gasteiger partial charge >= 0.3 is 21.1 Å². The molecular formula is C39H31N5OPt. The topological polar surface area (TPSA) is 49.2 Å². The van der Waals surface area contributed by atoms with Gasteiger partial charge in [-0.15, -0.1) is 35.7 Å². The summed E-state index contributed by atoms with van der Waals surface area (Å²) in [6.45, 7) is 16.4. The minimum atomic E-state index is -0.240. The van der Waals surface area contributed by atoms with Gasteiger partial charge in [0.1, 0.15) is 11.5 Å². The molecular weight excluding hydrogens is 750 g/mol. The Hall–Kier alpha value is -4.98. The fraction of sp³-hybridized carbons (Fsp3) is 0.154. The molecule has 0 fully saturated rings. The smallest absolute Gasteiger partial charge is 0.509 e. The second kappa shape index (κ2) is 12.4. The number of rotatable bonds is 6. The van der Waals surface area contributed by atoms with Gasteiger partial charge in [-0.2, -0.15) is 17.2 Å². The average molecular weight is 781 g/mol. The van der Waals surface area contributed by atoms with Crippen molar-refractivity contribution in [2.75, 3.05) is 0 Å². The number of hydrogen-bond acceptors (Lipinski definition) is 3. The molecule has 0 aliphatic rings. The predicted octanol–water partition coefficient (Wildman–Crippen LogP) is 9.45. The standard InChI is InChI=1S/C39H31N5O.Pt/c1-26-20-21-41-36(22-26)43-33-17-10-9-16-31(33)32-19-18-30(24-34(32)43)45-29-15-11-14-28(23-29)44-35(25-40-5)37(27-12-7-6-8-13-27)38(42-44)39(2,3)4;/h6-22H,25H2,1-4H3;/q-2;+2. The number of hydrogen-bond donors (Lipinski definition) is 0. The number of aromatic nitrogens is 4. The normalized spacial score (nSPS) is 11.4. The number of pyridine rings is 1. The second-order valence-electron chi connectivity index (χ2n) is 12.1. The van der Waals surface area contributed by atoms with Gasteiger partial charge in [-0.25, -0.2) is 11.6 Å². The molecule has 4 aromatic carbocycles. The van der Waals surface area contributed by atoms with Gasteiger partial charge in [0.15, 0.2) is 0 Å². The Morgan fingerprint density at radius 1 is 0.848 bits per heavy atom. The first-order chi connectivity index (χ1) is 21.8. The summed E-state index contributed by atoms with van der Waals surface area (Å²) in [5, 5.41) is 7.28. The van der Waals surface area contributed by atoms with Crippen molar-refractivity contribution in [2.45, 2.75) is 39.7 Å². The van der Waals surface area contributed by atoms with Crippen LogP contribution in [-0.2, 0) is 33.0 Å². The maximum Gasteiger partial charge on any atom is 2.00 e. The zero-order valence-corrected chi connectivity index (χ0v) is 28.3. The molecule has 0 bridgehead atoms. The molecule has 3 aromatic heterocycles. The Kier molecular flexibility index (Phi) is 8.38. The van der Waals surface area contributed by atoms with E-state index in [1.165, 1.54) is 0 Å². The summed E-state index contributed by atoms with van der Waals surface area (Å²) in [6, 6.07) is 39.3. The van der Waals surface area contributed by atoms with Crippen molar-refractivity contribution >= 4 is 21.8 Å². The van der Waals surface area contributed by atoms with Crippen molar-refractivity contribution in [3.05, 3.63) is 144 Å². The summed E-state index contributed by atoms with van der Waals surface area (Å²) in [6.07, 6.45) is 1.83. The van der Waals surface area contributed by atoms with Crippen LogP contribution in [0.15, 0.2) is 103 Å². The quantitative estimate of drug-likeness (QED) is 0.158. The first-order valence-corrected chi connectivity index (χ1v) is 14.9. The van der Waals surface area contributed by atoms with Gasteiger partial charge < -0.3 is 14.1 Å². The zero-order valence-electron chi connectivity index (χ0n) is 26.0. The zero-order chi connectivity index (χ0) is 31.1. The Labute approximate surface area is 283 Å². The van der Waals surface area contributed by atoms with Gasteiger partial charge in [-0.05, 0) is 47.3 Å². The maximum absolute atomic E-state index is 7.75. The van der Waals surface area contributed by atoms with Crippen molar-refractivity contribution in [3.63, 3.8) is 0 Å². The van der Waals surface area contributed by atoms with Crippen LogP contribution in [0.3, 0.4) is 0 Å². The molecule has 7 aromatic rings. The molecule has 0 saturated heterocycles. The van der Waals surface area contributed by atoms with Crippen LogP contribution >= 0.6 is 0 Å². The summed E-state index contributed by atoms with van der Waals surface area (Å²) >= 11 is 0. The van der Waals surface area contributed by atoms with Gasteiger partial charge in [0.05, 0.1) is 5.69 Å². The van der Waals surface area contributed by atoms with Gasteiger partial charge in [0.25, 0.3) is 6.54 Å². The molecule has 7 rings (SSSR count). The number of nitrogens with zero attached hydrogens (tertiary/aromatic N) is 5. The Bertz CT molecular complexity index is 2240. The molecule has 0 N–H and O–H groups in total. The van der Waals surface area contributed by atoms with E-state index < -0.39 is 0 Å². The number of aryl methyl sites for hydroxylation is 1. The van der Waals surface area contributed by atoms with Crippen LogP contribution in [0.4, 0.5) is 0 Å². The van der Waals surface area contributed by atoms with E-state index in [0.29, 0.717) is 17.2 Å². The Balaban J connectivity index is 0.00000372. The first kappa shape index (κ1) is 31.0. The van der Waals surface area contributed by atoms with Crippen molar-refractivity contribution in [1.29, 1.82) is 0 Å². The molecule has 0 unspecified atom stereocenters. The van der Waals surface area contributed by atoms with Crippen LogP contribution in [0.2, 0.25) is 0 Å². The monoisotopic (exact) mass is 780 g/mol. The number of ether oxygens (including phenoxy) is 1. The molecule has 0 amide bonds. The molecule has 0 spiro atoms. The summed E-state index contributed by atoms with van der Waals surface area (Å²) in [4.78, 5) is 8.46. The summed E-state index contributed by atoms with van der Waals surface area (Å²) in [5.74, 6) is 1.93. The molecule has 6 nitrogen and oxygen atoms in total. The second-order valence-corrected chi connectivity index (χ2v) is 12.1. The largest absolute Gasteiger partial charge is 2.00 e. The van der Waals surface area contributed by atoms with Crippen molar-refractivity contribution in [3.8, 4) is 34.1 Å². The first-order valence-electron chi connectivity index (χ1n) is 14.9. The van der Waals surface area contributed by atoms with E-state index in [0.717, 1.165) is 55.7 Å². The summed E-state index contributed by atoms with van der Waals surface area (Å²) in [7, 11) is 0. The van der Waals surface area contributed by atoms with E-state index in [-0.39, 0.29) is 33.0 Å². The van der Waals surface area contributed by atoms with Gasteiger partial charge in [0, 0.05) is 34.2 Å². The molecule has 46 heavy (non-hydrogen) atoms. The fourth-order valence-corrected chi connectivity index (χ4v) is 5.86. The third kappa shape index (κ3) is 5.64. The van der Waals surface area contributed by atoms with Crippen molar-refractivity contribution in [2.24, 2.45) is 0 Å². The molecule has 0 aliphatic carbocycles. The fourth-order valence-electron chi connectivity index (χ4n) is 5.86. The number of fused-ring (bicyclic) bond motifs is 3. The van der Waals surface area contributed by atoms with Gasteiger partial charge in [-0.1, -0.05) is 74.8 Å². The Morgan fingerprint density at radius 3 is 2.37 bits per heavy atom. The molecule has 7 heteroatoms. The van der Waals surface area contributed by atoms with E-state index in [1.807, 2.05) is 71.5 Å². The van der Waals surface area contributed by atoms with E-state index in [2.05, 4.69) is 90.6 Å². The molecule has 0 radical (unpaired) electrons. The third-order valence-electron chi connectivity index (χ3n) is 7.87. The van der Waals surface area contributed by atoms with Crippen LogP contribution in [-0.4, -0.2) is 19.3 Å². The number of para-hydroxylation sites is 1. The molecule has 0 atom stereocenters. The van der Waals surface area contributed by atoms with Crippen molar-refractivity contribution < 1.29 is 25.8 Å². The van der Waals surface area contributed by atoms with Crippen LogP contribution < -0.4 is 4.74 Å². The maximum atomic E-state index is 7.75. The van der Waals surface area contributed by atoms with Crippen LogP contribution in [0.1, 0.15) is 37.7 Å². The third-order valence-corrected chi connectivity index (χ3v) is 7.87. The van der Waals surface area contributed by atoms with E-state index in [4.69, 9.17) is 16.4 Å². The van der Waals surface area contributed by atoms with Crippen LogP contribution in [0, 0.1) is 25.6 Å². The average Bonchev–Trinajstić information content (AvgIpc) is 3.58. The number of benzene rings is 4. The van der Waals surface area contributed by atoms with E-state index in [1.54, 1.807) is 0 Å². The van der Waals surface area contributed by atoms with E-state index >= 15 is 0 Å². The minimum absolute atomic E-state index is 0. The van der Waals surface area contributed by atoms with Gasteiger partial charge in [0.2, 0.25) is 0 Å². The van der Waals surface area contributed by atoms with E-state index in [9.17, 15) is 0 Å². The summed E-state index contributed by atoms with van der Waals surface area (Å²) in [5.41, 5.74) is 7.34. The molecule has 0 saturated carbocycles. The van der Waals surface area contributed by atoms with Crippen LogP contribution in [0.25, 0.3) is 49.3 Å². The molecule has 228 valence electrons. The molecule has 3 heterocycles. The van der Waals surface area contributed by atoms with Gasteiger partial charge in [-0.3, -0.25) is 4.68 Å². The predicted molar refractivity (Wildman–Crippen MR) is 179 cm³/mol. The van der Waals surface area contributed by atoms with Crippen molar-refractivity contribution in [1.82, 2.24) is 19.3 Å². The van der Waals surface area contributed by atoms with Crippen LogP contribution in [0.5, 0.6) is 11.5 Å². The SMILES string of the molecule is [C-]#[N+]Cc1c(-c2ccccc2)c(C(C)(C)C)nn1-c1[c-]c(Oc2[c-]c3c(cc2)c2ccccc2n3-c2cc(C)ccn2)ccc1.[Pt+2]. The summed E-state index contributed by atoms with van der Waals surface area (Å²) < 4.78 is 10.4. The molecule has 0 aliphatic heterocycles. The Morgan fingerprint density at radius 2 is 1.61 bits per heavy atom.